The zero-order valence-electron chi connectivity index (χ0n) is 12.2. The van der Waals surface area contributed by atoms with Crippen molar-refractivity contribution < 1.29 is 4.42 Å². The van der Waals surface area contributed by atoms with Crippen molar-refractivity contribution in [2.24, 2.45) is 0 Å². The molecule has 2 aromatic heterocycles. The molecule has 0 spiro atoms. The van der Waals surface area contributed by atoms with E-state index in [0.717, 1.165) is 21.2 Å². The van der Waals surface area contributed by atoms with Crippen molar-refractivity contribution in [3.8, 4) is 10.6 Å². The van der Waals surface area contributed by atoms with E-state index in [4.69, 9.17) is 4.42 Å². The number of hydrogen-bond donors (Lipinski definition) is 0. The van der Waals surface area contributed by atoms with Crippen molar-refractivity contribution in [1.29, 1.82) is 0 Å². The molecule has 108 valence electrons. The summed E-state index contributed by atoms with van der Waals surface area (Å²) in [5, 5.41) is 1.62. The number of hydrogen-bond acceptors (Lipinski definition) is 4. The van der Waals surface area contributed by atoms with Crippen LogP contribution in [0.15, 0.2) is 51.7 Å². The van der Waals surface area contributed by atoms with E-state index in [2.05, 4.69) is 11.1 Å². The van der Waals surface area contributed by atoms with E-state index in [1.54, 1.807) is 0 Å². The number of aryl methyl sites for hydroxylation is 2. The first-order valence-electron chi connectivity index (χ1n) is 7.02. The summed E-state index contributed by atoms with van der Waals surface area (Å²) in [5.74, 6) is 0. The molecular formula is C18H13NO2S. The Morgan fingerprint density at radius 3 is 2.64 bits per heavy atom. The predicted octanol–water partition coefficient (Wildman–Crippen LogP) is 4.69. The third-order valence-electron chi connectivity index (χ3n) is 3.67. The minimum atomic E-state index is -0.339. The molecule has 3 nitrogen and oxygen atoms in total. The van der Waals surface area contributed by atoms with Crippen molar-refractivity contribution in [2.75, 3.05) is 0 Å². The highest BCUT2D eigenvalue weighted by Crippen LogP contribution is 2.30. The molecule has 0 bridgehead atoms. The van der Waals surface area contributed by atoms with Gasteiger partial charge < -0.3 is 4.42 Å². The topological polar surface area (TPSA) is 43.1 Å². The van der Waals surface area contributed by atoms with E-state index in [1.165, 1.54) is 16.9 Å². The van der Waals surface area contributed by atoms with Crippen LogP contribution in [0.5, 0.6) is 0 Å². The largest absolute Gasteiger partial charge is 0.422 e. The van der Waals surface area contributed by atoms with Crippen molar-refractivity contribution in [2.45, 2.75) is 13.8 Å². The van der Waals surface area contributed by atoms with Crippen LogP contribution in [0, 0.1) is 13.8 Å². The SMILES string of the molecule is Cc1ccc2cc(-c3nc4ccc(C)cc4s3)c(=O)oc2c1. The van der Waals surface area contributed by atoms with Crippen LogP contribution in [0.4, 0.5) is 0 Å². The van der Waals surface area contributed by atoms with Gasteiger partial charge in [0.1, 0.15) is 10.6 Å². The Balaban J connectivity index is 1.97. The molecule has 0 N–H and O–H groups in total. The molecule has 0 saturated carbocycles. The number of rotatable bonds is 1. The van der Waals surface area contributed by atoms with Crippen LogP contribution in [0.2, 0.25) is 0 Å². The number of benzene rings is 2. The molecular weight excluding hydrogens is 294 g/mol. The molecule has 0 aliphatic heterocycles. The van der Waals surface area contributed by atoms with Gasteiger partial charge in [-0.3, -0.25) is 0 Å². The standard InChI is InChI=1S/C18H13NO2S/c1-10-3-5-12-9-13(18(20)21-15(12)7-10)17-19-14-6-4-11(2)8-16(14)22-17/h3-9H,1-2H3. The molecule has 0 aliphatic carbocycles. The molecule has 0 amide bonds. The van der Waals surface area contributed by atoms with Gasteiger partial charge in [0.05, 0.1) is 15.8 Å². The maximum Gasteiger partial charge on any atom is 0.346 e. The van der Waals surface area contributed by atoms with Gasteiger partial charge in [-0.25, -0.2) is 9.78 Å². The lowest BCUT2D eigenvalue weighted by Crippen LogP contribution is -2.02. The van der Waals surface area contributed by atoms with Gasteiger partial charge in [0.15, 0.2) is 0 Å². The Bertz CT molecular complexity index is 1080. The summed E-state index contributed by atoms with van der Waals surface area (Å²) in [6, 6.07) is 13.8. The lowest BCUT2D eigenvalue weighted by atomic mass is 10.1. The summed E-state index contributed by atoms with van der Waals surface area (Å²) in [6.07, 6.45) is 0. The smallest absolute Gasteiger partial charge is 0.346 e. The third kappa shape index (κ3) is 2.12. The average Bonchev–Trinajstić information content (AvgIpc) is 2.89. The average molecular weight is 307 g/mol. The quantitative estimate of drug-likeness (QED) is 0.479. The molecule has 0 atom stereocenters. The van der Waals surface area contributed by atoms with Crippen LogP contribution >= 0.6 is 11.3 Å². The lowest BCUT2D eigenvalue weighted by molar-refractivity contribution is 0.563. The van der Waals surface area contributed by atoms with E-state index in [-0.39, 0.29) is 5.63 Å². The summed E-state index contributed by atoms with van der Waals surface area (Å²) in [6.45, 7) is 4.02. The van der Waals surface area contributed by atoms with Crippen molar-refractivity contribution in [3.05, 3.63) is 64.0 Å². The second kappa shape index (κ2) is 4.78. The van der Waals surface area contributed by atoms with E-state index < -0.39 is 0 Å². The van der Waals surface area contributed by atoms with Crippen LogP contribution in [0.25, 0.3) is 31.8 Å². The molecule has 0 radical (unpaired) electrons. The second-order valence-electron chi connectivity index (χ2n) is 5.48. The summed E-state index contributed by atoms with van der Waals surface area (Å²) in [7, 11) is 0. The Kier molecular flexibility index (Phi) is 2.87. The second-order valence-corrected chi connectivity index (χ2v) is 6.51. The van der Waals surface area contributed by atoms with Gasteiger partial charge in [-0.05, 0) is 49.2 Å². The molecule has 0 aliphatic rings. The Hall–Kier alpha value is -2.46. The van der Waals surface area contributed by atoms with Gasteiger partial charge in [0.2, 0.25) is 0 Å². The third-order valence-corrected chi connectivity index (χ3v) is 4.72. The minimum Gasteiger partial charge on any atom is -0.422 e. The van der Waals surface area contributed by atoms with E-state index >= 15 is 0 Å². The highest BCUT2D eigenvalue weighted by atomic mass is 32.1. The first-order chi connectivity index (χ1) is 10.6. The molecule has 4 heteroatoms. The Morgan fingerprint density at radius 1 is 1.00 bits per heavy atom. The zero-order chi connectivity index (χ0) is 15.3. The van der Waals surface area contributed by atoms with Crippen molar-refractivity contribution >= 4 is 32.5 Å². The first kappa shape index (κ1) is 13.2. The monoisotopic (exact) mass is 307 g/mol. The maximum absolute atomic E-state index is 12.3. The fourth-order valence-electron chi connectivity index (χ4n) is 2.51. The fraction of sp³-hybridized carbons (Fsp3) is 0.111. The normalized spacial score (nSPS) is 11.4. The maximum atomic E-state index is 12.3. The van der Waals surface area contributed by atoms with Crippen LogP contribution in [0.1, 0.15) is 11.1 Å². The van der Waals surface area contributed by atoms with Gasteiger partial charge in [0.25, 0.3) is 0 Å². The summed E-state index contributed by atoms with van der Waals surface area (Å²) < 4.78 is 6.54. The van der Waals surface area contributed by atoms with Gasteiger partial charge in [-0.15, -0.1) is 11.3 Å². The molecule has 0 saturated heterocycles. The first-order valence-corrected chi connectivity index (χ1v) is 7.84. The number of thiazole rings is 1. The highest BCUT2D eigenvalue weighted by Gasteiger charge is 2.13. The minimum absolute atomic E-state index is 0.339. The van der Waals surface area contributed by atoms with Crippen LogP contribution in [-0.4, -0.2) is 4.98 Å². The number of fused-ring (bicyclic) bond motifs is 2. The van der Waals surface area contributed by atoms with Gasteiger partial charge >= 0.3 is 5.63 Å². The molecule has 0 fully saturated rings. The lowest BCUT2D eigenvalue weighted by Gasteiger charge is -2.00. The molecule has 2 aromatic carbocycles. The van der Waals surface area contributed by atoms with Gasteiger partial charge in [-0.2, -0.15) is 0 Å². The van der Waals surface area contributed by atoms with E-state index in [0.29, 0.717) is 16.2 Å². The van der Waals surface area contributed by atoms with Crippen molar-refractivity contribution in [1.82, 2.24) is 4.98 Å². The summed E-state index contributed by atoms with van der Waals surface area (Å²) >= 11 is 1.52. The van der Waals surface area contributed by atoms with Gasteiger partial charge in [-0.1, -0.05) is 18.2 Å². The number of nitrogens with zero attached hydrogens (tertiary/aromatic N) is 1. The Morgan fingerprint density at radius 2 is 1.77 bits per heavy atom. The molecule has 0 unspecified atom stereocenters. The van der Waals surface area contributed by atoms with Crippen LogP contribution in [-0.2, 0) is 0 Å². The molecule has 2 heterocycles. The van der Waals surface area contributed by atoms with Crippen LogP contribution in [0.3, 0.4) is 0 Å². The molecule has 4 rings (SSSR count). The zero-order valence-corrected chi connectivity index (χ0v) is 13.0. The number of aromatic nitrogens is 1. The van der Waals surface area contributed by atoms with E-state index in [9.17, 15) is 4.79 Å². The van der Waals surface area contributed by atoms with E-state index in [1.807, 2.05) is 50.2 Å². The predicted molar refractivity (Wildman–Crippen MR) is 90.6 cm³/mol. The summed E-state index contributed by atoms with van der Waals surface area (Å²) in [4.78, 5) is 16.9. The van der Waals surface area contributed by atoms with Gasteiger partial charge in [0, 0.05) is 5.39 Å². The summed E-state index contributed by atoms with van der Waals surface area (Å²) in [5.41, 5.74) is 3.96. The van der Waals surface area contributed by atoms with Crippen molar-refractivity contribution in [3.63, 3.8) is 0 Å². The highest BCUT2D eigenvalue weighted by molar-refractivity contribution is 7.21. The molecule has 22 heavy (non-hydrogen) atoms. The molecule has 4 aromatic rings. The Labute approximate surface area is 130 Å². The fourth-order valence-corrected chi connectivity index (χ4v) is 3.58. The van der Waals surface area contributed by atoms with Crippen LogP contribution < -0.4 is 5.63 Å².